The lowest BCUT2D eigenvalue weighted by atomic mass is 10.4. The Balaban J connectivity index is 2.60. The largest absolute Gasteiger partial charge is 0.327 e. The molecule has 0 atom stereocenters. The van der Waals surface area contributed by atoms with Crippen molar-refractivity contribution in [2.75, 3.05) is 0 Å². The zero-order valence-corrected chi connectivity index (χ0v) is 8.24. The SMILES string of the molecule is Cc1ccc(C)n1-c1ccc(=O)[nH]c1. The van der Waals surface area contributed by atoms with Gasteiger partial charge in [0.2, 0.25) is 5.56 Å². The molecule has 0 aromatic carbocycles. The molecule has 0 saturated heterocycles. The molecule has 2 aromatic rings. The van der Waals surface area contributed by atoms with Crippen LogP contribution in [-0.2, 0) is 0 Å². The van der Waals surface area contributed by atoms with E-state index in [1.165, 1.54) is 6.07 Å². The molecule has 14 heavy (non-hydrogen) atoms. The van der Waals surface area contributed by atoms with Gasteiger partial charge in [-0.3, -0.25) is 4.79 Å². The van der Waals surface area contributed by atoms with Crippen molar-refractivity contribution in [2.45, 2.75) is 13.8 Å². The maximum absolute atomic E-state index is 10.9. The molecule has 2 aromatic heterocycles. The van der Waals surface area contributed by atoms with Crippen LogP contribution in [0.5, 0.6) is 0 Å². The molecule has 3 nitrogen and oxygen atoms in total. The zero-order valence-electron chi connectivity index (χ0n) is 8.24. The Morgan fingerprint density at radius 1 is 1.07 bits per heavy atom. The quantitative estimate of drug-likeness (QED) is 0.727. The summed E-state index contributed by atoms with van der Waals surface area (Å²) in [6.07, 6.45) is 1.72. The number of pyridine rings is 1. The second-order valence-corrected chi connectivity index (χ2v) is 3.36. The van der Waals surface area contributed by atoms with Crippen molar-refractivity contribution in [1.29, 1.82) is 0 Å². The summed E-state index contributed by atoms with van der Waals surface area (Å²) in [5.74, 6) is 0. The van der Waals surface area contributed by atoms with Crippen molar-refractivity contribution < 1.29 is 0 Å². The van der Waals surface area contributed by atoms with Gasteiger partial charge in [-0.15, -0.1) is 0 Å². The molecule has 0 radical (unpaired) electrons. The maximum Gasteiger partial charge on any atom is 0.248 e. The average Bonchev–Trinajstić information content (AvgIpc) is 2.49. The zero-order chi connectivity index (χ0) is 10.1. The molecule has 0 bridgehead atoms. The summed E-state index contributed by atoms with van der Waals surface area (Å²) in [4.78, 5) is 13.6. The van der Waals surface area contributed by atoms with Crippen LogP contribution < -0.4 is 5.56 Å². The number of rotatable bonds is 1. The fraction of sp³-hybridized carbons (Fsp3) is 0.182. The van der Waals surface area contributed by atoms with Crippen molar-refractivity contribution in [3.05, 3.63) is 52.2 Å². The highest BCUT2D eigenvalue weighted by Gasteiger charge is 2.02. The van der Waals surface area contributed by atoms with Gasteiger partial charge in [0, 0.05) is 23.7 Å². The fourth-order valence-electron chi connectivity index (χ4n) is 1.62. The van der Waals surface area contributed by atoms with Gasteiger partial charge >= 0.3 is 0 Å². The maximum atomic E-state index is 10.9. The minimum atomic E-state index is -0.0730. The van der Waals surface area contributed by atoms with Crippen molar-refractivity contribution >= 4 is 0 Å². The number of aromatic nitrogens is 2. The molecule has 1 N–H and O–H groups in total. The van der Waals surface area contributed by atoms with Crippen LogP contribution in [0.3, 0.4) is 0 Å². The molecule has 0 unspecified atom stereocenters. The van der Waals surface area contributed by atoms with Crippen molar-refractivity contribution in [3.63, 3.8) is 0 Å². The molecule has 0 spiro atoms. The van der Waals surface area contributed by atoms with E-state index in [1.54, 1.807) is 6.20 Å². The lowest BCUT2D eigenvalue weighted by molar-refractivity contribution is 0.952. The average molecular weight is 188 g/mol. The van der Waals surface area contributed by atoms with Crippen LogP contribution in [0.25, 0.3) is 5.69 Å². The predicted molar refractivity (Wildman–Crippen MR) is 55.9 cm³/mol. The highest BCUT2D eigenvalue weighted by atomic mass is 16.1. The van der Waals surface area contributed by atoms with Gasteiger partial charge < -0.3 is 9.55 Å². The van der Waals surface area contributed by atoms with Gasteiger partial charge in [-0.2, -0.15) is 0 Å². The van der Waals surface area contributed by atoms with E-state index >= 15 is 0 Å². The number of nitrogens with zero attached hydrogens (tertiary/aromatic N) is 1. The van der Waals surface area contributed by atoms with E-state index in [-0.39, 0.29) is 5.56 Å². The van der Waals surface area contributed by atoms with Crippen molar-refractivity contribution in [1.82, 2.24) is 9.55 Å². The summed E-state index contributed by atoms with van der Waals surface area (Å²) >= 11 is 0. The molecule has 2 heterocycles. The topological polar surface area (TPSA) is 37.8 Å². The second-order valence-electron chi connectivity index (χ2n) is 3.36. The summed E-state index contributed by atoms with van der Waals surface area (Å²) in [5, 5.41) is 0. The van der Waals surface area contributed by atoms with E-state index in [4.69, 9.17) is 0 Å². The van der Waals surface area contributed by atoms with Crippen LogP contribution in [0.4, 0.5) is 0 Å². The Morgan fingerprint density at radius 2 is 1.71 bits per heavy atom. The Morgan fingerprint density at radius 3 is 2.21 bits per heavy atom. The van der Waals surface area contributed by atoms with Crippen molar-refractivity contribution in [2.24, 2.45) is 0 Å². The molecule has 0 aliphatic carbocycles. The van der Waals surface area contributed by atoms with Crippen LogP contribution in [0.15, 0.2) is 35.3 Å². The van der Waals surface area contributed by atoms with Crippen molar-refractivity contribution in [3.8, 4) is 5.69 Å². The first-order valence-electron chi connectivity index (χ1n) is 4.52. The Kier molecular flexibility index (Phi) is 2.00. The molecule has 0 amide bonds. The van der Waals surface area contributed by atoms with E-state index in [9.17, 15) is 4.79 Å². The van der Waals surface area contributed by atoms with Gasteiger partial charge in [-0.05, 0) is 32.0 Å². The molecule has 2 rings (SSSR count). The van der Waals surface area contributed by atoms with E-state index in [0.717, 1.165) is 17.1 Å². The molecular weight excluding hydrogens is 176 g/mol. The number of hydrogen-bond acceptors (Lipinski definition) is 1. The first kappa shape index (κ1) is 8.81. The standard InChI is InChI=1S/C11H12N2O/c1-8-3-4-9(2)13(8)10-5-6-11(14)12-7-10/h3-7H,1-2H3,(H,12,14). The summed E-state index contributed by atoms with van der Waals surface area (Å²) in [5.41, 5.74) is 3.24. The number of aryl methyl sites for hydroxylation is 2. The Hall–Kier alpha value is -1.77. The van der Waals surface area contributed by atoms with Gasteiger partial charge in [0.1, 0.15) is 0 Å². The van der Waals surface area contributed by atoms with Gasteiger partial charge in [0.15, 0.2) is 0 Å². The van der Waals surface area contributed by atoms with Gasteiger partial charge in [-0.25, -0.2) is 0 Å². The highest BCUT2D eigenvalue weighted by molar-refractivity contribution is 5.34. The van der Waals surface area contributed by atoms with Crippen LogP contribution in [0.1, 0.15) is 11.4 Å². The first-order valence-corrected chi connectivity index (χ1v) is 4.52. The fourth-order valence-corrected chi connectivity index (χ4v) is 1.62. The van der Waals surface area contributed by atoms with Crippen LogP contribution in [0, 0.1) is 13.8 Å². The normalized spacial score (nSPS) is 10.4. The number of nitrogens with one attached hydrogen (secondary N) is 1. The minimum absolute atomic E-state index is 0.0730. The van der Waals surface area contributed by atoms with Gasteiger partial charge in [-0.1, -0.05) is 0 Å². The number of H-pyrrole nitrogens is 1. The van der Waals surface area contributed by atoms with Crippen LogP contribution in [-0.4, -0.2) is 9.55 Å². The molecule has 3 heteroatoms. The van der Waals surface area contributed by atoms with E-state index < -0.39 is 0 Å². The number of hydrogen-bond donors (Lipinski definition) is 1. The Bertz CT molecular complexity index is 468. The summed E-state index contributed by atoms with van der Waals surface area (Å²) < 4.78 is 2.09. The second kappa shape index (κ2) is 3.18. The monoisotopic (exact) mass is 188 g/mol. The molecule has 0 aliphatic heterocycles. The summed E-state index contributed by atoms with van der Waals surface area (Å²) in [6.45, 7) is 4.08. The van der Waals surface area contributed by atoms with E-state index in [1.807, 2.05) is 19.9 Å². The smallest absolute Gasteiger partial charge is 0.248 e. The van der Waals surface area contributed by atoms with Gasteiger partial charge in [0.05, 0.1) is 5.69 Å². The van der Waals surface area contributed by atoms with Crippen LogP contribution >= 0.6 is 0 Å². The third-order valence-corrected chi connectivity index (χ3v) is 2.30. The molecule has 72 valence electrons. The molecular formula is C11H12N2O. The third-order valence-electron chi connectivity index (χ3n) is 2.30. The Labute approximate surface area is 82.0 Å². The van der Waals surface area contributed by atoms with E-state index in [2.05, 4.69) is 21.7 Å². The minimum Gasteiger partial charge on any atom is -0.327 e. The lowest BCUT2D eigenvalue weighted by Crippen LogP contribution is -2.06. The highest BCUT2D eigenvalue weighted by Crippen LogP contribution is 2.13. The summed E-state index contributed by atoms with van der Waals surface area (Å²) in [6, 6.07) is 7.47. The molecule has 0 saturated carbocycles. The third kappa shape index (κ3) is 1.37. The van der Waals surface area contributed by atoms with Crippen LogP contribution in [0.2, 0.25) is 0 Å². The number of aromatic amines is 1. The van der Waals surface area contributed by atoms with Gasteiger partial charge in [0.25, 0.3) is 0 Å². The summed E-state index contributed by atoms with van der Waals surface area (Å²) in [7, 11) is 0. The van der Waals surface area contributed by atoms with E-state index in [0.29, 0.717) is 0 Å². The first-order chi connectivity index (χ1) is 6.68. The predicted octanol–water partition coefficient (Wildman–Crippen LogP) is 1.78. The molecule has 0 fully saturated rings. The lowest BCUT2D eigenvalue weighted by Gasteiger charge is -2.07. The molecule has 0 aliphatic rings.